The van der Waals surface area contributed by atoms with Crippen molar-refractivity contribution in [3.63, 3.8) is 0 Å². The molecule has 5 heteroatoms. The summed E-state index contributed by atoms with van der Waals surface area (Å²) in [5, 5.41) is 0. The Morgan fingerprint density at radius 3 is 1.87 bits per heavy atom. The van der Waals surface area contributed by atoms with Gasteiger partial charge in [-0.05, 0) is 52.1 Å². The zero-order valence-electron chi connectivity index (χ0n) is 14.8. The highest BCUT2D eigenvalue weighted by atomic mass is 127. The van der Waals surface area contributed by atoms with Gasteiger partial charge in [0.15, 0.2) is 0 Å². The average molecular weight is 454 g/mol. The number of hydrogen-bond donors (Lipinski definition) is 1. The first-order valence-corrected chi connectivity index (χ1v) is 11.0. The molecule has 0 aromatic heterocycles. The molecule has 0 aliphatic heterocycles. The Morgan fingerprint density at radius 1 is 0.957 bits per heavy atom. The number of rotatable bonds is 7. The van der Waals surface area contributed by atoms with Crippen LogP contribution in [0.1, 0.15) is 71.8 Å². The second-order valence-corrected chi connectivity index (χ2v) is 9.63. The van der Waals surface area contributed by atoms with Crippen LogP contribution in [0, 0.1) is 3.57 Å². The Bertz CT molecular complexity index is 516. The van der Waals surface area contributed by atoms with Gasteiger partial charge in [-0.2, -0.15) is 8.42 Å². The highest BCUT2D eigenvalue weighted by Gasteiger charge is 2.12. The van der Waals surface area contributed by atoms with E-state index in [4.69, 9.17) is 4.55 Å². The fourth-order valence-corrected chi connectivity index (χ4v) is 2.94. The SMILES string of the molecule is CC(C)(C)c1ccc(I)cc1.CCCCCCCCS(=O)(=O)O. The molecule has 0 saturated heterocycles. The van der Waals surface area contributed by atoms with E-state index < -0.39 is 10.1 Å². The summed E-state index contributed by atoms with van der Waals surface area (Å²) in [6.07, 6.45) is 6.14. The lowest BCUT2D eigenvalue weighted by Gasteiger charge is -2.18. The quantitative estimate of drug-likeness (QED) is 0.321. The molecule has 0 aliphatic carbocycles. The molecule has 0 saturated carbocycles. The summed E-state index contributed by atoms with van der Waals surface area (Å²) in [5.74, 6) is -0.0842. The van der Waals surface area contributed by atoms with Crippen molar-refractivity contribution in [3.8, 4) is 0 Å². The minimum Gasteiger partial charge on any atom is -0.286 e. The monoisotopic (exact) mass is 454 g/mol. The highest BCUT2D eigenvalue weighted by Crippen LogP contribution is 2.22. The molecule has 1 aromatic carbocycles. The number of hydrogen-bond acceptors (Lipinski definition) is 2. The summed E-state index contributed by atoms with van der Waals surface area (Å²) in [4.78, 5) is 0. The first-order valence-electron chi connectivity index (χ1n) is 8.27. The molecule has 0 fully saturated rings. The van der Waals surface area contributed by atoms with Gasteiger partial charge in [0.05, 0.1) is 5.75 Å². The van der Waals surface area contributed by atoms with Gasteiger partial charge in [-0.15, -0.1) is 0 Å². The van der Waals surface area contributed by atoms with Crippen LogP contribution in [-0.4, -0.2) is 18.7 Å². The molecule has 3 nitrogen and oxygen atoms in total. The van der Waals surface area contributed by atoms with E-state index in [1.807, 2.05) is 0 Å². The van der Waals surface area contributed by atoms with E-state index in [9.17, 15) is 8.42 Å². The van der Waals surface area contributed by atoms with Gasteiger partial charge < -0.3 is 0 Å². The fourth-order valence-electron chi connectivity index (χ4n) is 2.01. The number of halogens is 1. The topological polar surface area (TPSA) is 54.4 Å². The van der Waals surface area contributed by atoms with Gasteiger partial charge in [-0.3, -0.25) is 4.55 Å². The molecule has 0 spiro atoms. The number of unbranched alkanes of at least 4 members (excludes halogenated alkanes) is 5. The fraction of sp³-hybridized carbons (Fsp3) is 0.667. The van der Waals surface area contributed by atoms with Crippen LogP contribution in [0.5, 0.6) is 0 Å². The summed E-state index contributed by atoms with van der Waals surface area (Å²) < 4.78 is 30.2. The predicted molar refractivity (Wildman–Crippen MR) is 108 cm³/mol. The van der Waals surface area contributed by atoms with E-state index >= 15 is 0 Å². The van der Waals surface area contributed by atoms with Gasteiger partial charge in [0.2, 0.25) is 0 Å². The molecule has 0 heterocycles. The molecule has 0 amide bonds. The minimum atomic E-state index is -3.72. The second kappa shape index (κ2) is 11.4. The second-order valence-electron chi connectivity index (χ2n) is 6.81. The summed E-state index contributed by atoms with van der Waals surface area (Å²) >= 11 is 2.32. The molecule has 0 radical (unpaired) electrons. The zero-order valence-corrected chi connectivity index (χ0v) is 17.8. The molecule has 0 atom stereocenters. The standard InChI is InChI=1S/C10H13I.C8H18O3S/c1-10(2,3)8-4-6-9(11)7-5-8;1-2-3-4-5-6-7-8-12(9,10)11/h4-7H,1-3H3;2-8H2,1H3,(H,9,10,11). The first-order chi connectivity index (χ1) is 10.6. The molecular weight excluding hydrogens is 423 g/mol. The smallest absolute Gasteiger partial charge is 0.264 e. The van der Waals surface area contributed by atoms with Crippen LogP contribution in [0.3, 0.4) is 0 Å². The van der Waals surface area contributed by atoms with Crippen molar-refractivity contribution in [2.75, 3.05) is 5.75 Å². The van der Waals surface area contributed by atoms with Crippen molar-refractivity contribution in [1.82, 2.24) is 0 Å². The van der Waals surface area contributed by atoms with Crippen molar-refractivity contribution >= 4 is 32.7 Å². The molecule has 1 aromatic rings. The zero-order chi connectivity index (χ0) is 17.9. The predicted octanol–water partition coefficient (Wildman–Crippen LogP) is 5.82. The largest absolute Gasteiger partial charge is 0.286 e. The van der Waals surface area contributed by atoms with E-state index in [1.165, 1.54) is 28.4 Å². The van der Waals surface area contributed by atoms with Crippen LogP contribution in [0.25, 0.3) is 0 Å². The molecule has 1 rings (SSSR count). The lowest BCUT2D eigenvalue weighted by molar-refractivity contribution is 0.478. The summed E-state index contributed by atoms with van der Waals surface area (Å²) in [5.41, 5.74) is 1.68. The van der Waals surface area contributed by atoms with Crippen LogP contribution < -0.4 is 0 Å². The molecule has 134 valence electrons. The molecule has 0 unspecified atom stereocenters. The maximum absolute atomic E-state index is 10.3. The van der Waals surface area contributed by atoms with E-state index in [0.29, 0.717) is 6.42 Å². The maximum Gasteiger partial charge on any atom is 0.264 e. The van der Waals surface area contributed by atoms with Gasteiger partial charge >= 0.3 is 0 Å². The Hall–Kier alpha value is -0.140. The maximum atomic E-state index is 10.3. The molecule has 1 N–H and O–H groups in total. The summed E-state index contributed by atoms with van der Waals surface area (Å²) in [6.45, 7) is 8.83. The molecular formula is C18H31IO3S. The van der Waals surface area contributed by atoms with Gasteiger partial charge in [-0.25, -0.2) is 0 Å². The van der Waals surface area contributed by atoms with E-state index in [2.05, 4.69) is 74.6 Å². The van der Waals surface area contributed by atoms with Crippen molar-refractivity contribution in [2.45, 2.75) is 71.6 Å². The van der Waals surface area contributed by atoms with Gasteiger partial charge in [-0.1, -0.05) is 71.9 Å². The summed E-state index contributed by atoms with van der Waals surface area (Å²) in [6, 6.07) is 8.70. The lowest BCUT2D eigenvalue weighted by atomic mass is 9.87. The van der Waals surface area contributed by atoms with E-state index in [-0.39, 0.29) is 11.2 Å². The Balaban J connectivity index is 0.000000422. The third-order valence-corrected chi connectivity index (χ3v) is 4.99. The van der Waals surface area contributed by atoms with Crippen LogP contribution in [0.4, 0.5) is 0 Å². The molecule has 0 bridgehead atoms. The third-order valence-electron chi connectivity index (χ3n) is 3.47. The molecule has 23 heavy (non-hydrogen) atoms. The van der Waals surface area contributed by atoms with Crippen LogP contribution in [0.15, 0.2) is 24.3 Å². The Kier molecular flexibility index (Phi) is 11.4. The minimum absolute atomic E-state index is 0.0842. The van der Waals surface area contributed by atoms with Crippen molar-refractivity contribution in [1.29, 1.82) is 0 Å². The average Bonchev–Trinajstić information content (AvgIpc) is 2.42. The van der Waals surface area contributed by atoms with E-state index in [0.717, 1.165) is 12.8 Å². The third kappa shape index (κ3) is 14.0. The summed E-state index contributed by atoms with van der Waals surface area (Å²) in [7, 11) is -3.72. The molecule has 0 aliphatic rings. The van der Waals surface area contributed by atoms with Crippen LogP contribution >= 0.6 is 22.6 Å². The van der Waals surface area contributed by atoms with Crippen LogP contribution in [-0.2, 0) is 15.5 Å². The van der Waals surface area contributed by atoms with Crippen molar-refractivity contribution < 1.29 is 13.0 Å². The van der Waals surface area contributed by atoms with Gasteiger partial charge in [0.1, 0.15) is 0 Å². The highest BCUT2D eigenvalue weighted by molar-refractivity contribution is 14.1. The first kappa shape index (κ1) is 22.9. The van der Waals surface area contributed by atoms with Crippen molar-refractivity contribution in [2.24, 2.45) is 0 Å². The Labute approximate surface area is 156 Å². The number of benzene rings is 1. The normalized spacial score (nSPS) is 11.7. The van der Waals surface area contributed by atoms with Gasteiger partial charge in [0.25, 0.3) is 10.1 Å². The Morgan fingerprint density at radius 2 is 1.43 bits per heavy atom. The van der Waals surface area contributed by atoms with Gasteiger partial charge in [0, 0.05) is 3.57 Å². The van der Waals surface area contributed by atoms with E-state index in [1.54, 1.807) is 0 Å². The lowest BCUT2D eigenvalue weighted by Crippen LogP contribution is -2.10. The van der Waals surface area contributed by atoms with Crippen molar-refractivity contribution in [3.05, 3.63) is 33.4 Å². The van der Waals surface area contributed by atoms with Crippen LogP contribution in [0.2, 0.25) is 0 Å².